The van der Waals surface area contributed by atoms with Gasteiger partial charge in [0.15, 0.2) is 0 Å². The number of nitrogens with two attached hydrogens (primary N) is 1. The summed E-state index contributed by atoms with van der Waals surface area (Å²) in [6, 6.07) is 5.59. The van der Waals surface area contributed by atoms with Gasteiger partial charge in [-0.1, -0.05) is 33.6 Å². The van der Waals surface area contributed by atoms with Crippen molar-refractivity contribution in [1.29, 1.82) is 0 Å². The molecule has 1 unspecified atom stereocenters. The summed E-state index contributed by atoms with van der Waals surface area (Å²) in [4.78, 5) is 10.5. The summed E-state index contributed by atoms with van der Waals surface area (Å²) >= 11 is 9.04. The van der Waals surface area contributed by atoms with E-state index in [-0.39, 0.29) is 10.7 Å². The molecule has 76 valence electrons. The molecule has 1 amide bonds. The maximum Gasteiger partial charge on any atom is 0.231 e. The summed E-state index contributed by atoms with van der Waals surface area (Å²) in [5.74, 6) is -0.348. The Hall–Kier alpha value is -0.540. The Morgan fingerprint density at radius 3 is 2.79 bits per heavy atom. The largest absolute Gasteiger partial charge is 0.369 e. The van der Waals surface area contributed by atoms with Gasteiger partial charge in [-0.2, -0.15) is 0 Å². The molecule has 0 saturated heterocycles. The zero-order valence-corrected chi connectivity index (χ0v) is 10.1. The van der Waals surface area contributed by atoms with Gasteiger partial charge in [0, 0.05) is 5.02 Å². The molecule has 0 radical (unpaired) electrons. The molecule has 4 heteroatoms. The molecule has 1 aromatic rings. The molecule has 2 N–H and O–H groups in total. The first-order valence-electron chi connectivity index (χ1n) is 4.19. The van der Waals surface area contributed by atoms with Crippen LogP contribution in [0.1, 0.15) is 11.1 Å². The van der Waals surface area contributed by atoms with Crippen LogP contribution in [0.15, 0.2) is 18.2 Å². The topological polar surface area (TPSA) is 43.1 Å². The van der Waals surface area contributed by atoms with Crippen LogP contribution < -0.4 is 5.73 Å². The van der Waals surface area contributed by atoms with Gasteiger partial charge in [-0.25, -0.2) is 0 Å². The van der Waals surface area contributed by atoms with Gasteiger partial charge >= 0.3 is 0 Å². The summed E-state index contributed by atoms with van der Waals surface area (Å²) in [6.45, 7) is 1.96. The van der Waals surface area contributed by atoms with Crippen LogP contribution in [0.5, 0.6) is 0 Å². The van der Waals surface area contributed by atoms with Crippen LogP contribution in [-0.4, -0.2) is 10.7 Å². The van der Waals surface area contributed by atoms with E-state index in [1.165, 1.54) is 0 Å². The molecule has 0 bridgehead atoms. The monoisotopic (exact) mass is 275 g/mol. The van der Waals surface area contributed by atoms with Crippen molar-refractivity contribution in [1.82, 2.24) is 0 Å². The van der Waals surface area contributed by atoms with Crippen LogP contribution in [0.25, 0.3) is 0 Å². The number of carbonyl (C=O) groups is 1. The third kappa shape index (κ3) is 3.00. The van der Waals surface area contributed by atoms with Gasteiger partial charge in [0.25, 0.3) is 0 Å². The fourth-order valence-corrected chi connectivity index (χ4v) is 1.76. The van der Waals surface area contributed by atoms with Crippen molar-refractivity contribution in [3.8, 4) is 0 Å². The Morgan fingerprint density at radius 2 is 2.29 bits per heavy atom. The molecular weight excluding hydrogens is 265 g/mol. The summed E-state index contributed by atoms with van der Waals surface area (Å²) in [5, 5.41) is 0.705. The van der Waals surface area contributed by atoms with E-state index in [2.05, 4.69) is 15.9 Å². The number of alkyl halides is 1. The predicted octanol–water partition coefficient (Wildman–Crippen LogP) is 2.44. The SMILES string of the molecule is Cc1cc(Cl)ccc1CC(Br)C(N)=O. The van der Waals surface area contributed by atoms with Crippen LogP contribution in [0.2, 0.25) is 5.02 Å². The fourth-order valence-electron chi connectivity index (χ4n) is 1.18. The van der Waals surface area contributed by atoms with Crippen molar-refractivity contribution < 1.29 is 4.79 Å². The number of carbonyl (C=O) groups excluding carboxylic acids is 1. The van der Waals surface area contributed by atoms with Crippen LogP contribution in [0.4, 0.5) is 0 Å². The fraction of sp³-hybridized carbons (Fsp3) is 0.300. The van der Waals surface area contributed by atoms with E-state index in [1.54, 1.807) is 0 Å². The first-order valence-corrected chi connectivity index (χ1v) is 5.48. The highest BCUT2D eigenvalue weighted by molar-refractivity contribution is 9.10. The number of rotatable bonds is 3. The third-order valence-corrected chi connectivity index (χ3v) is 3.02. The van der Waals surface area contributed by atoms with Crippen molar-refractivity contribution in [2.45, 2.75) is 18.2 Å². The highest BCUT2D eigenvalue weighted by Gasteiger charge is 2.12. The maximum absolute atomic E-state index is 10.8. The second-order valence-electron chi connectivity index (χ2n) is 3.14. The first-order chi connectivity index (χ1) is 6.50. The molecule has 0 aliphatic heterocycles. The molecule has 0 fully saturated rings. The standard InChI is InChI=1S/C10H11BrClNO/c1-6-4-8(12)3-2-7(6)5-9(11)10(13)14/h2-4,9H,5H2,1H3,(H2,13,14). The average molecular weight is 277 g/mol. The molecule has 1 aromatic carbocycles. The Balaban J connectivity index is 2.82. The lowest BCUT2D eigenvalue weighted by atomic mass is 10.0. The molecule has 0 spiro atoms. The van der Waals surface area contributed by atoms with Crippen molar-refractivity contribution in [3.63, 3.8) is 0 Å². The van der Waals surface area contributed by atoms with E-state index >= 15 is 0 Å². The molecule has 0 heterocycles. The minimum atomic E-state index is -0.348. The van der Waals surface area contributed by atoms with Gasteiger partial charge in [0.2, 0.25) is 5.91 Å². The first kappa shape index (κ1) is 11.5. The van der Waals surface area contributed by atoms with E-state index < -0.39 is 0 Å². The van der Waals surface area contributed by atoms with Crippen molar-refractivity contribution in [2.24, 2.45) is 5.73 Å². The molecule has 1 rings (SSSR count). The lowest BCUT2D eigenvalue weighted by molar-refractivity contribution is -0.117. The van der Waals surface area contributed by atoms with Gasteiger partial charge < -0.3 is 5.73 Å². The number of hydrogen-bond acceptors (Lipinski definition) is 1. The van der Waals surface area contributed by atoms with Crippen molar-refractivity contribution in [3.05, 3.63) is 34.3 Å². The quantitative estimate of drug-likeness (QED) is 0.847. The van der Waals surface area contributed by atoms with Gasteiger partial charge in [-0.05, 0) is 36.6 Å². The summed E-state index contributed by atoms with van der Waals surface area (Å²) < 4.78 is 0. The highest BCUT2D eigenvalue weighted by atomic mass is 79.9. The summed E-state index contributed by atoms with van der Waals surface area (Å²) in [6.07, 6.45) is 0.596. The average Bonchev–Trinajstić information content (AvgIpc) is 2.09. The minimum Gasteiger partial charge on any atom is -0.369 e. The van der Waals surface area contributed by atoms with E-state index in [0.29, 0.717) is 11.4 Å². The lowest BCUT2D eigenvalue weighted by Gasteiger charge is -2.08. The van der Waals surface area contributed by atoms with E-state index in [4.69, 9.17) is 17.3 Å². The summed E-state index contributed by atoms with van der Waals surface area (Å²) in [5.41, 5.74) is 7.30. The second kappa shape index (κ2) is 4.80. The van der Waals surface area contributed by atoms with Crippen LogP contribution >= 0.6 is 27.5 Å². The predicted molar refractivity (Wildman–Crippen MR) is 61.8 cm³/mol. The maximum atomic E-state index is 10.8. The van der Waals surface area contributed by atoms with Gasteiger partial charge in [0.05, 0.1) is 4.83 Å². The third-order valence-electron chi connectivity index (χ3n) is 2.01. The smallest absolute Gasteiger partial charge is 0.231 e. The van der Waals surface area contributed by atoms with Crippen molar-refractivity contribution >= 4 is 33.4 Å². The van der Waals surface area contributed by atoms with Crippen molar-refractivity contribution in [2.75, 3.05) is 0 Å². The Labute approximate surface area is 96.6 Å². The van der Waals surface area contributed by atoms with E-state index in [9.17, 15) is 4.79 Å². The molecule has 1 atom stereocenters. The number of aryl methyl sites for hydroxylation is 1. The number of hydrogen-bond donors (Lipinski definition) is 1. The van der Waals surface area contributed by atoms with Crippen LogP contribution in [0, 0.1) is 6.92 Å². The number of amides is 1. The molecule has 0 saturated carbocycles. The highest BCUT2D eigenvalue weighted by Crippen LogP contribution is 2.18. The molecular formula is C10H11BrClNO. The van der Waals surface area contributed by atoms with Crippen LogP contribution in [-0.2, 0) is 11.2 Å². The van der Waals surface area contributed by atoms with Crippen LogP contribution in [0.3, 0.4) is 0 Å². The molecule has 14 heavy (non-hydrogen) atoms. The Kier molecular flexibility index (Phi) is 3.96. The second-order valence-corrected chi connectivity index (χ2v) is 4.69. The van der Waals surface area contributed by atoms with E-state index in [1.807, 2.05) is 25.1 Å². The molecule has 0 aliphatic rings. The Morgan fingerprint density at radius 1 is 1.64 bits per heavy atom. The van der Waals surface area contributed by atoms with Gasteiger partial charge in [-0.3, -0.25) is 4.79 Å². The van der Waals surface area contributed by atoms with E-state index in [0.717, 1.165) is 11.1 Å². The van der Waals surface area contributed by atoms with Gasteiger partial charge in [0.1, 0.15) is 0 Å². The zero-order chi connectivity index (χ0) is 10.7. The Bertz CT molecular complexity index is 354. The molecule has 0 aliphatic carbocycles. The normalized spacial score (nSPS) is 12.5. The minimum absolute atomic E-state index is 0.317. The zero-order valence-electron chi connectivity index (χ0n) is 7.76. The summed E-state index contributed by atoms with van der Waals surface area (Å²) in [7, 11) is 0. The lowest BCUT2D eigenvalue weighted by Crippen LogP contribution is -2.25. The van der Waals surface area contributed by atoms with Gasteiger partial charge in [-0.15, -0.1) is 0 Å². The molecule has 0 aromatic heterocycles. The molecule has 2 nitrogen and oxygen atoms in total. The number of primary amides is 1. The number of benzene rings is 1. The number of halogens is 2.